The van der Waals surface area contributed by atoms with Crippen LogP contribution in [0.4, 0.5) is 0 Å². The lowest BCUT2D eigenvalue weighted by Gasteiger charge is -2.19. The van der Waals surface area contributed by atoms with Crippen molar-refractivity contribution in [2.24, 2.45) is 0 Å². The number of nitrogens with zero attached hydrogens (tertiary/aromatic N) is 1. The van der Waals surface area contributed by atoms with Gasteiger partial charge in [-0.1, -0.05) is 49.7 Å². The maximum atomic E-state index is 12.5. The summed E-state index contributed by atoms with van der Waals surface area (Å²) in [6.45, 7) is 6.31. The number of benzene rings is 2. The summed E-state index contributed by atoms with van der Waals surface area (Å²) in [5.41, 5.74) is 1.66. The Labute approximate surface area is 172 Å². The summed E-state index contributed by atoms with van der Waals surface area (Å²) >= 11 is 5.93. The molecule has 28 heavy (non-hydrogen) atoms. The van der Waals surface area contributed by atoms with Crippen molar-refractivity contribution in [3.63, 3.8) is 0 Å². The van der Waals surface area contributed by atoms with E-state index in [9.17, 15) is 13.2 Å². The normalized spacial score (nSPS) is 13.0. The number of hydrogen-bond acceptors (Lipinski definition) is 3. The zero-order valence-corrected chi connectivity index (χ0v) is 17.8. The molecule has 0 saturated heterocycles. The van der Waals surface area contributed by atoms with Gasteiger partial charge in [0.1, 0.15) is 0 Å². The Bertz CT molecular complexity index is 936. The smallest absolute Gasteiger partial charge is 0.244 e. The van der Waals surface area contributed by atoms with E-state index in [-0.39, 0.29) is 16.8 Å². The molecule has 2 rings (SSSR count). The maximum absolute atomic E-state index is 12.5. The number of halogens is 1. The molecule has 0 unspecified atom stereocenters. The molecular weight excluding hydrogens is 396 g/mol. The van der Waals surface area contributed by atoms with Crippen molar-refractivity contribution in [1.29, 1.82) is 0 Å². The van der Waals surface area contributed by atoms with Gasteiger partial charge >= 0.3 is 0 Å². The van der Waals surface area contributed by atoms with Crippen molar-refractivity contribution in [3.05, 3.63) is 70.8 Å². The van der Waals surface area contributed by atoms with Crippen LogP contribution >= 0.6 is 11.6 Å². The number of sulfonamides is 1. The molecule has 0 fully saturated rings. The maximum Gasteiger partial charge on any atom is 0.244 e. The Balaban J connectivity index is 2.04. The van der Waals surface area contributed by atoms with E-state index < -0.39 is 10.0 Å². The molecule has 0 aromatic heterocycles. The van der Waals surface area contributed by atoms with Crippen molar-refractivity contribution in [2.45, 2.75) is 31.7 Å². The Morgan fingerprint density at radius 1 is 1.14 bits per heavy atom. The molecule has 1 N–H and O–H groups in total. The van der Waals surface area contributed by atoms with Crippen LogP contribution in [0.1, 0.15) is 37.9 Å². The van der Waals surface area contributed by atoms with E-state index in [1.165, 1.54) is 10.4 Å². The van der Waals surface area contributed by atoms with E-state index in [1.807, 2.05) is 32.9 Å². The quantitative estimate of drug-likeness (QED) is 0.649. The third-order valence-corrected chi connectivity index (χ3v) is 6.66. The molecule has 0 aliphatic rings. The lowest BCUT2D eigenvalue weighted by molar-refractivity contribution is -0.117. The van der Waals surface area contributed by atoms with E-state index in [0.717, 1.165) is 11.1 Å². The van der Waals surface area contributed by atoms with Crippen LogP contribution in [0.5, 0.6) is 0 Å². The zero-order chi connectivity index (χ0) is 20.7. The number of hydrogen-bond donors (Lipinski definition) is 1. The van der Waals surface area contributed by atoms with E-state index in [2.05, 4.69) is 5.32 Å². The van der Waals surface area contributed by atoms with Gasteiger partial charge in [-0.05, 0) is 48.4 Å². The molecule has 150 valence electrons. The third kappa shape index (κ3) is 5.67. The fourth-order valence-electron chi connectivity index (χ4n) is 2.77. The van der Waals surface area contributed by atoms with Gasteiger partial charge in [0.05, 0.1) is 10.9 Å². The standard InChI is InChI=1S/C21H25ClN2O3S/c1-4-24(5-2)28(26,27)20-12-10-18(11-13-20)16(3)23-21(25)14-9-17-7-6-8-19(22)15-17/h6-16H,4-5H2,1-3H3,(H,23,25)/b14-9+/t16-/m0/s1. The van der Waals surface area contributed by atoms with E-state index in [0.29, 0.717) is 18.1 Å². The number of amides is 1. The summed E-state index contributed by atoms with van der Waals surface area (Å²) in [6.07, 6.45) is 3.13. The third-order valence-electron chi connectivity index (χ3n) is 4.36. The summed E-state index contributed by atoms with van der Waals surface area (Å²) in [4.78, 5) is 12.4. The molecule has 0 spiro atoms. The highest BCUT2D eigenvalue weighted by Crippen LogP contribution is 2.19. The van der Waals surface area contributed by atoms with Crippen LogP contribution in [0.2, 0.25) is 5.02 Å². The average molecular weight is 421 g/mol. The highest BCUT2D eigenvalue weighted by molar-refractivity contribution is 7.89. The molecule has 0 aliphatic heterocycles. The molecule has 5 nitrogen and oxygen atoms in total. The first kappa shape index (κ1) is 22.1. The van der Waals surface area contributed by atoms with Crippen molar-refractivity contribution >= 4 is 33.6 Å². The summed E-state index contributed by atoms with van der Waals surface area (Å²) in [7, 11) is -3.49. The number of carbonyl (C=O) groups excluding carboxylic acids is 1. The average Bonchev–Trinajstić information content (AvgIpc) is 2.67. The zero-order valence-electron chi connectivity index (χ0n) is 16.2. The van der Waals surface area contributed by atoms with Crippen molar-refractivity contribution in [2.75, 3.05) is 13.1 Å². The van der Waals surface area contributed by atoms with Crippen LogP contribution in [0, 0.1) is 0 Å². The summed E-state index contributed by atoms with van der Waals surface area (Å²) in [5.74, 6) is -0.243. The fourth-order valence-corrected chi connectivity index (χ4v) is 4.42. The largest absolute Gasteiger partial charge is 0.346 e. The highest BCUT2D eigenvalue weighted by atomic mass is 35.5. The van der Waals surface area contributed by atoms with Crippen LogP contribution in [0.3, 0.4) is 0 Å². The molecule has 0 aliphatic carbocycles. The molecule has 0 bridgehead atoms. The topological polar surface area (TPSA) is 66.5 Å². The molecule has 7 heteroatoms. The van der Waals surface area contributed by atoms with Crippen molar-refractivity contribution in [1.82, 2.24) is 9.62 Å². The van der Waals surface area contributed by atoms with Gasteiger partial charge in [0.25, 0.3) is 0 Å². The van der Waals surface area contributed by atoms with Gasteiger partial charge in [0.15, 0.2) is 0 Å². The number of rotatable bonds is 8. The van der Waals surface area contributed by atoms with Crippen molar-refractivity contribution in [3.8, 4) is 0 Å². The van der Waals surface area contributed by atoms with Crippen molar-refractivity contribution < 1.29 is 13.2 Å². The van der Waals surface area contributed by atoms with Gasteiger partial charge in [-0.3, -0.25) is 4.79 Å². The van der Waals surface area contributed by atoms with Gasteiger partial charge in [-0.2, -0.15) is 4.31 Å². The van der Waals surface area contributed by atoms with Crippen LogP contribution in [0.25, 0.3) is 6.08 Å². The van der Waals surface area contributed by atoms with E-state index in [4.69, 9.17) is 11.6 Å². The Hall–Kier alpha value is -2.15. The van der Waals surface area contributed by atoms with Gasteiger partial charge in [-0.15, -0.1) is 0 Å². The van der Waals surface area contributed by atoms with Gasteiger partial charge in [-0.25, -0.2) is 8.42 Å². The minimum Gasteiger partial charge on any atom is -0.346 e. The predicted molar refractivity (Wildman–Crippen MR) is 114 cm³/mol. The first-order valence-corrected chi connectivity index (χ1v) is 10.9. The number of nitrogens with one attached hydrogen (secondary N) is 1. The summed E-state index contributed by atoms with van der Waals surface area (Å²) in [5, 5.41) is 3.47. The fraction of sp³-hybridized carbons (Fsp3) is 0.286. The van der Waals surface area contributed by atoms with Crippen LogP contribution < -0.4 is 5.32 Å². The Morgan fingerprint density at radius 3 is 2.36 bits per heavy atom. The van der Waals surface area contributed by atoms with Gasteiger partial charge in [0, 0.05) is 24.2 Å². The van der Waals surface area contributed by atoms with Crippen LogP contribution in [0.15, 0.2) is 59.5 Å². The molecule has 1 atom stereocenters. The van der Waals surface area contributed by atoms with Gasteiger partial charge in [0.2, 0.25) is 15.9 Å². The Morgan fingerprint density at radius 2 is 1.79 bits per heavy atom. The second-order valence-corrected chi connectivity index (χ2v) is 8.65. The molecule has 0 saturated carbocycles. The first-order valence-electron chi connectivity index (χ1n) is 9.12. The first-order chi connectivity index (χ1) is 13.3. The van der Waals surface area contributed by atoms with Crippen LogP contribution in [-0.2, 0) is 14.8 Å². The minimum absolute atomic E-state index is 0.243. The van der Waals surface area contributed by atoms with E-state index >= 15 is 0 Å². The molecule has 0 heterocycles. The Kier molecular flexibility index (Phi) is 7.80. The molecule has 1 amide bonds. The molecule has 2 aromatic rings. The number of carbonyl (C=O) groups is 1. The molecular formula is C21H25ClN2O3S. The molecule has 0 radical (unpaired) electrons. The minimum atomic E-state index is -3.49. The van der Waals surface area contributed by atoms with Gasteiger partial charge < -0.3 is 5.32 Å². The second kappa shape index (κ2) is 9.87. The summed E-state index contributed by atoms with van der Waals surface area (Å²) in [6, 6.07) is 13.5. The lowest BCUT2D eigenvalue weighted by atomic mass is 10.1. The predicted octanol–water partition coefficient (Wildman–Crippen LogP) is 4.26. The monoisotopic (exact) mass is 420 g/mol. The van der Waals surface area contributed by atoms with E-state index in [1.54, 1.807) is 42.5 Å². The van der Waals surface area contributed by atoms with Crippen LogP contribution in [-0.4, -0.2) is 31.7 Å². The summed E-state index contributed by atoms with van der Waals surface area (Å²) < 4.78 is 26.5. The molecule has 2 aromatic carbocycles. The highest BCUT2D eigenvalue weighted by Gasteiger charge is 2.21. The SMILES string of the molecule is CCN(CC)S(=O)(=O)c1ccc([C@H](C)NC(=O)/C=C/c2cccc(Cl)c2)cc1. The lowest BCUT2D eigenvalue weighted by Crippen LogP contribution is -2.30. The second-order valence-electron chi connectivity index (χ2n) is 6.28.